The van der Waals surface area contributed by atoms with Gasteiger partial charge in [0.05, 0.1) is 6.54 Å². The van der Waals surface area contributed by atoms with Crippen molar-refractivity contribution in [3.8, 4) is 0 Å². The van der Waals surface area contributed by atoms with E-state index in [1.54, 1.807) is 0 Å². The number of carbonyl (C=O) groups is 3. The van der Waals surface area contributed by atoms with E-state index in [-0.39, 0.29) is 13.0 Å². The van der Waals surface area contributed by atoms with E-state index in [4.69, 9.17) is 5.73 Å². The Kier molecular flexibility index (Phi) is 3.81. The lowest BCUT2D eigenvalue weighted by atomic mass is 10.2. The van der Waals surface area contributed by atoms with Crippen molar-refractivity contribution in [1.29, 1.82) is 0 Å². The topological polar surface area (TPSA) is 92.5 Å². The second-order valence-electron chi connectivity index (χ2n) is 3.75. The van der Waals surface area contributed by atoms with Crippen molar-refractivity contribution < 1.29 is 18.8 Å². The van der Waals surface area contributed by atoms with E-state index in [1.807, 2.05) is 0 Å². The molecule has 6 nitrogen and oxygen atoms in total. The molecule has 3 N–H and O–H groups in total. The summed E-state index contributed by atoms with van der Waals surface area (Å²) in [6, 6.07) is -1.71. The van der Waals surface area contributed by atoms with Crippen LogP contribution in [0.25, 0.3) is 0 Å². The number of carbonyl (C=O) groups excluding carboxylic acids is 3. The molecule has 1 aliphatic rings. The van der Waals surface area contributed by atoms with Gasteiger partial charge in [0, 0.05) is 6.42 Å². The number of halogens is 1. The van der Waals surface area contributed by atoms with Crippen LogP contribution in [-0.2, 0) is 14.4 Å². The largest absolute Gasteiger partial charge is 0.368 e. The molecule has 1 rings (SSSR count). The molecule has 0 aromatic rings. The summed E-state index contributed by atoms with van der Waals surface area (Å²) in [5.41, 5.74) is 5.07. The summed E-state index contributed by atoms with van der Waals surface area (Å²) in [7, 11) is 0. The van der Waals surface area contributed by atoms with Crippen LogP contribution >= 0.6 is 0 Å². The summed E-state index contributed by atoms with van der Waals surface area (Å²) < 4.78 is 13.1. The summed E-state index contributed by atoms with van der Waals surface area (Å²) in [5.74, 6) is -1.23. The van der Waals surface area contributed by atoms with Gasteiger partial charge < -0.3 is 16.0 Å². The van der Waals surface area contributed by atoms with Crippen LogP contribution < -0.4 is 11.1 Å². The number of nitrogens with one attached hydrogen (secondary N) is 1. The van der Waals surface area contributed by atoms with E-state index in [0.717, 1.165) is 4.90 Å². The van der Waals surface area contributed by atoms with Gasteiger partial charge in [0.1, 0.15) is 18.3 Å². The van der Waals surface area contributed by atoms with E-state index < -0.39 is 30.1 Å². The smallest absolute Gasteiger partial charge is 0.245 e. The van der Waals surface area contributed by atoms with Crippen molar-refractivity contribution in [2.24, 2.45) is 5.73 Å². The van der Waals surface area contributed by atoms with Crippen LogP contribution in [0.2, 0.25) is 0 Å². The number of nitrogens with zero attached hydrogens (tertiary/aromatic N) is 1. The van der Waals surface area contributed by atoms with Gasteiger partial charge in [-0.2, -0.15) is 0 Å². The average molecular weight is 231 g/mol. The van der Waals surface area contributed by atoms with Crippen molar-refractivity contribution in [2.75, 3.05) is 6.54 Å². The maximum absolute atomic E-state index is 13.1. The predicted octanol–water partition coefficient (Wildman–Crippen LogP) is -1.45. The number of amides is 3. The summed E-state index contributed by atoms with van der Waals surface area (Å²) in [6.07, 6.45) is -0.940. The quantitative estimate of drug-likeness (QED) is 0.579. The number of alkyl halides is 1. The fraction of sp³-hybridized carbons (Fsp3) is 0.667. The van der Waals surface area contributed by atoms with Crippen molar-refractivity contribution in [1.82, 2.24) is 10.2 Å². The zero-order chi connectivity index (χ0) is 12.3. The molecule has 16 heavy (non-hydrogen) atoms. The van der Waals surface area contributed by atoms with Crippen LogP contribution in [0.1, 0.15) is 13.3 Å². The van der Waals surface area contributed by atoms with Gasteiger partial charge in [0.25, 0.3) is 0 Å². The Morgan fingerprint density at radius 3 is 2.75 bits per heavy atom. The van der Waals surface area contributed by atoms with Gasteiger partial charge in [0.15, 0.2) is 0 Å². The van der Waals surface area contributed by atoms with Gasteiger partial charge in [-0.1, -0.05) is 0 Å². The fourth-order valence-electron chi connectivity index (χ4n) is 1.72. The molecule has 1 aliphatic heterocycles. The Bertz CT molecular complexity index is 310. The second-order valence-corrected chi connectivity index (χ2v) is 3.75. The van der Waals surface area contributed by atoms with E-state index >= 15 is 0 Å². The zero-order valence-electron chi connectivity index (χ0n) is 8.85. The number of hydrogen-bond donors (Lipinski definition) is 2. The number of primary amides is 1. The minimum atomic E-state index is -1.25. The first-order chi connectivity index (χ1) is 7.47. The number of hydrogen-bond acceptors (Lipinski definition) is 3. The average Bonchev–Trinajstić information content (AvgIpc) is 2.59. The minimum Gasteiger partial charge on any atom is -0.368 e. The minimum absolute atomic E-state index is 0.0745. The molecule has 0 spiro atoms. The monoisotopic (exact) mass is 231 g/mol. The first kappa shape index (κ1) is 12.4. The fourth-order valence-corrected chi connectivity index (χ4v) is 1.72. The van der Waals surface area contributed by atoms with Crippen molar-refractivity contribution in [3.63, 3.8) is 0 Å². The lowest BCUT2D eigenvalue weighted by Crippen LogP contribution is -2.50. The van der Waals surface area contributed by atoms with Crippen LogP contribution in [0.5, 0.6) is 0 Å². The Morgan fingerprint density at radius 2 is 2.25 bits per heavy atom. The third-order valence-corrected chi connectivity index (χ3v) is 2.55. The number of likely N-dealkylation sites (tertiary alicyclic amines) is 1. The van der Waals surface area contributed by atoms with Gasteiger partial charge in [-0.3, -0.25) is 14.4 Å². The molecule has 7 heteroatoms. The molecular weight excluding hydrogens is 217 g/mol. The second kappa shape index (κ2) is 4.91. The molecule has 1 heterocycles. The Labute approximate surface area is 92.0 Å². The lowest BCUT2D eigenvalue weighted by molar-refractivity contribution is -0.139. The first-order valence-corrected chi connectivity index (χ1v) is 4.91. The summed E-state index contributed by atoms with van der Waals surface area (Å²) in [4.78, 5) is 34.0. The molecule has 3 atom stereocenters. The van der Waals surface area contributed by atoms with E-state index in [2.05, 4.69) is 5.32 Å². The van der Waals surface area contributed by atoms with Gasteiger partial charge in [0.2, 0.25) is 18.2 Å². The number of rotatable bonds is 4. The zero-order valence-corrected chi connectivity index (χ0v) is 8.85. The van der Waals surface area contributed by atoms with Crippen molar-refractivity contribution >= 4 is 18.2 Å². The van der Waals surface area contributed by atoms with Crippen LogP contribution in [0.15, 0.2) is 0 Å². The van der Waals surface area contributed by atoms with Gasteiger partial charge in [-0.15, -0.1) is 0 Å². The maximum Gasteiger partial charge on any atom is 0.245 e. The Hall–Kier alpha value is -1.66. The molecule has 1 saturated heterocycles. The Balaban J connectivity index is 2.73. The SMILES string of the molecule is C[C@H](NC=O)C(=O)N1C[C@@H](F)C[C@H]1C(N)=O. The third-order valence-electron chi connectivity index (χ3n) is 2.55. The highest BCUT2D eigenvalue weighted by Crippen LogP contribution is 2.20. The molecule has 0 saturated carbocycles. The molecule has 0 radical (unpaired) electrons. The molecule has 3 amide bonds. The molecular formula is C9H14FN3O3. The third kappa shape index (κ3) is 2.47. The van der Waals surface area contributed by atoms with Crippen LogP contribution in [-0.4, -0.2) is 47.9 Å². The van der Waals surface area contributed by atoms with Gasteiger partial charge >= 0.3 is 0 Å². The summed E-state index contributed by atoms with van der Waals surface area (Å²) in [6.45, 7) is 1.30. The van der Waals surface area contributed by atoms with Gasteiger partial charge in [-0.25, -0.2) is 4.39 Å². The predicted molar refractivity (Wildman–Crippen MR) is 52.9 cm³/mol. The molecule has 0 unspecified atom stereocenters. The van der Waals surface area contributed by atoms with Gasteiger partial charge in [-0.05, 0) is 6.92 Å². The summed E-state index contributed by atoms with van der Waals surface area (Å²) >= 11 is 0. The highest BCUT2D eigenvalue weighted by atomic mass is 19.1. The number of nitrogens with two attached hydrogens (primary N) is 1. The van der Waals surface area contributed by atoms with E-state index in [0.29, 0.717) is 6.41 Å². The molecule has 1 fully saturated rings. The normalized spacial score (nSPS) is 26.2. The highest BCUT2D eigenvalue weighted by Gasteiger charge is 2.39. The Morgan fingerprint density at radius 1 is 1.62 bits per heavy atom. The summed E-state index contributed by atoms with van der Waals surface area (Å²) in [5, 5.41) is 2.25. The highest BCUT2D eigenvalue weighted by molar-refractivity contribution is 5.90. The van der Waals surface area contributed by atoms with Crippen LogP contribution in [0, 0.1) is 0 Å². The lowest BCUT2D eigenvalue weighted by Gasteiger charge is -2.24. The molecule has 0 aromatic heterocycles. The van der Waals surface area contributed by atoms with E-state index in [1.165, 1.54) is 6.92 Å². The van der Waals surface area contributed by atoms with Crippen LogP contribution in [0.3, 0.4) is 0 Å². The standard InChI is InChI=1S/C9H14FN3O3/c1-5(12-4-14)9(16)13-3-6(10)2-7(13)8(11)15/h4-7H,2-3H2,1H3,(H2,11,15)(H,12,14)/t5-,6-,7-/m0/s1. The molecule has 0 aromatic carbocycles. The first-order valence-electron chi connectivity index (χ1n) is 4.91. The van der Waals surface area contributed by atoms with Crippen LogP contribution in [0.4, 0.5) is 4.39 Å². The molecule has 90 valence electrons. The maximum atomic E-state index is 13.1. The van der Waals surface area contributed by atoms with E-state index in [9.17, 15) is 18.8 Å². The molecule has 0 bridgehead atoms. The van der Waals surface area contributed by atoms with Crippen molar-refractivity contribution in [3.05, 3.63) is 0 Å². The molecule has 0 aliphatic carbocycles. The van der Waals surface area contributed by atoms with Crippen molar-refractivity contribution in [2.45, 2.75) is 31.6 Å².